The van der Waals surface area contributed by atoms with E-state index < -0.39 is 22.1 Å². The van der Waals surface area contributed by atoms with Crippen molar-refractivity contribution in [2.75, 3.05) is 20.1 Å². The summed E-state index contributed by atoms with van der Waals surface area (Å²) in [6, 6.07) is 13.8. The van der Waals surface area contributed by atoms with Crippen LogP contribution in [0.5, 0.6) is 5.75 Å². The third-order valence-corrected chi connectivity index (χ3v) is 6.83. The van der Waals surface area contributed by atoms with E-state index in [1.54, 1.807) is 36.4 Å². The van der Waals surface area contributed by atoms with Gasteiger partial charge in [-0.3, -0.25) is 0 Å². The van der Waals surface area contributed by atoms with Gasteiger partial charge in [0.2, 0.25) is 0 Å². The van der Waals surface area contributed by atoms with Gasteiger partial charge in [-0.25, -0.2) is 9.59 Å². The smallest absolute Gasteiger partial charge is 0.414 e. The van der Waals surface area contributed by atoms with Crippen LogP contribution >= 0.6 is 0 Å². The second-order valence-corrected chi connectivity index (χ2v) is 9.46. The van der Waals surface area contributed by atoms with Crippen molar-refractivity contribution >= 4 is 33.0 Å². The molecule has 10 heteroatoms. The minimum absolute atomic E-state index is 0.161. The Kier molecular flexibility index (Phi) is 7.39. The van der Waals surface area contributed by atoms with Crippen molar-refractivity contribution in [2.24, 2.45) is 7.05 Å². The number of likely N-dealkylation sites (tertiary alicyclic amines) is 1. The molecule has 2 aromatic carbocycles. The number of hydrogen-bond acceptors (Lipinski definition) is 6. The van der Waals surface area contributed by atoms with Crippen LogP contribution in [0.1, 0.15) is 24.3 Å². The monoisotopic (exact) mass is 474 g/mol. The molecule has 176 valence electrons. The van der Waals surface area contributed by atoms with Crippen molar-refractivity contribution in [3.8, 4) is 5.75 Å². The van der Waals surface area contributed by atoms with E-state index >= 15 is 0 Å². The zero-order chi connectivity index (χ0) is 24.2. The maximum Gasteiger partial charge on any atom is 0.414 e. The van der Waals surface area contributed by atoms with Gasteiger partial charge >= 0.3 is 22.1 Å². The number of piperidine rings is 1. The summed E-state index contributed by atoms with van der Waals surface area (Å²) in [4.78, 5) is 20.7. The minimum atomic E-state index is -3.83. The van der Waals surface area contributed by atoms with Crippen molar-refractivity contribution < 1.29 is 32.4 Å². The highest BCUT2D eigenvalue weighted by molar-refractivity contribution is 7.87. The number of carboxylic acids is 2. The largest absolute Gasteiger partial charge is 0.473 e. The number of nitrogens with zero attached hydrogens (tertiary/aromatic N) is 2. The van der Waals surface area contributed by atoms with Crippen LogP contribution in [0.2, 0.25) is 0 Å². The van der Waals surface area contributed by atoms with Crippen LogP contribution < -0.4 is 4.18 Å². The molecule has 3 aromatic rings. The Labute approximate surface area is 191 Å². The number of benzene rings is 2. The van der Waals surface area contributed by atoms with Gasteiger partial charge < -0.3 is 23.9 Å². The van der Waals surface area contributed by atoms with E-state index in [-0.39, 0.29) is 4.90 Å². The predicted molar refractivity (Wildman–Crippen MR) is 122 cm³/mol. The lowest BCUT2D eigenvalue weighted by Gasteiger charge is -2.28. The van der Waals surface area contributed by atoms with E-state index in [0.717, 1.165) is 36.8 Å². The average molecular weight is 475 g/mol. The number of aliphatic carboxylic acids is 2. The summed E-state index contributed by atoms with van der Waals surface area (Å²) in [5.41, 5.74) is 2.37. The van der Waals surface area contributed by atoms with Gasteiger partial charge in [-0.2, -0.15) is 8.42 Å². The van der Waals surface area contributed by atoms with Crippen LogP contribution in [0.4, 0.5) is 0 Å². The van der Waals surface area contributed by atoms with Gasteiger partial charge in [-0.05, 0) is 74.8 Å². The fraction of sp³-hybridized carbons (Fsp3) is 0.304. The van der Waals surface area contributed by atoms with Crippen molar-refractivity contribution in [1.82, 2.24) is 9.47 Å². The molecule has 33 heavy (non-hydrogen) atoms. The fourth-order valence-electron chi connectivity index (χ4n) is 3.86. The van der Waals surface area contributed by atoms with Gasteiger partial charge in [0.05, 0.1) is 0 Å². The molecule has 0 radical (unpaired) electrons. The predicted octanol–water partition coefficient (Wildman–Crippen LogP) is 2.91. The topological polar surface area (TPSA) is 126 Å². The van der Waals surface area contributed by atoms with Gasteiger partial charge in [0, 0.05) is 24.1 Å². The molecule has 0 bridgehead atoms. The van der Waals surface area contributed by atoms with Gasteiger partial charge in [0.15, 0.2) is 0 Å². The van der Waals surface area contributed by atoms with Crippen molar-refractivity contribution in [2.45, 2.75) is 23.7 Å². The van der Waals surface area contributed by atoms with E-state index in [0.29, 0.717) is 11.7 Å². The molecule has 0 unspecified atom stereocenters. The fourth-order valence-corrected chi connectivity index (χ4v) is 4.80. The van der Waals surface area contributed by atoms with Crippen molar-refractivity contribution in [3.63, 3.8) is 0 Å². The van der Waals surface area contributed by atoms with Crippen molar-refractivity contribution in [3.05, 3.63) is 60.3 Å². The third-order valence-electron chi connectivity index (χ3n) is 5.57. The van der Waals surface area contributed by atoms with Gasteiger partial charge in [-0.15, -0.1) is 0 Å². The number of hydrogen-bond donors (Lipinski definition) is 2. The highest BCUT2D eigenvalue weighted by Gasteiger charge is 2.23. The number of fused-ring (bicyclic) bond motifs is 1. The summed E-state index contributed by atoms with van der Waals surface area (Å²) in [7, 11) is 0.349. The Morgan fingerprint density at radius 2 is 1.58 bits per heavy atom. The Bertz CT molecular complexity index is 1230. The molecule has 4 rings (SSSR count). The van der Waals surface area contributed by atoms with E-state index in [1.807, 2.05) is 19.2 Å². The summed E-state index contributed by atoms with van der Waals surface area (Å²) in [6.07, 6.45) is 4.40. The maximum absolute atomic E-state index is 12.5. The quantitative estimate of drug-likeness (QED) is 0.437. The molecule has 1 aromatic heterocycles. The van der Waals surface area contributed by atoms with E-state index in [4.69, 9.17) is 24.0 Å². The number of aryl methyl sites for hydroxylation is 1. The maximum atomic E-state index is 12.5. The zero-order valence-electron chi connectivity index (χ0n) is 18.3. The van der Waals surface area contributed by atoms with Crippen LogP contribution in [0.15, 0.2) is 59.6 Å². The second-order valence-electron chi connectivity index (χ2n) is 7.91. The first-order valence-corrected chi connectivity index (χ1v) is 11.7. The Morgan fingerprint density at radius 1 is 0.970 bits per heavy atom. The standard InChI is InChI=1S/C21H24N2O3S.C2H2O4/c1-22-12-10-16(11-13-22)20-15-23(2)21-9-8-17(14-19(20)21)26-27(24,25)18-6-4-3-5-7-18;3-1(4)2(5)6/h3-9,14-16H,10-13H2,1-2H3;(H,3,4)(H,5,6). The first-order chi connectivity index (χ1) is 15.6. The average Bonchev–Trinajstić information content (AvgIpc) is 3.11. The van der Waals surface area contributed by atoms with Crippen LogP contribution in [0, 0.1) is 0 Å². The second kappa shape index (κ2) is 10.1. The SMILES string of the molecule is CN1CCC(c2cn(C)c3ccc(OS(=O)(=O)c4ccccc4)cc23)CC1.O=C(O)C(=O)O. The molecule has 2 heterocycles. The Balaban J connectivity index is 0.000000454. The summed E-state index contributed by atoms with van der Waals surface area (Å²) in [6.45, 7) is 2.17. The first-order valence-electron chi connectivity index (χ1n) is 10.3. The molecule has 1 aliphatic heterocycles. The normalized spacial score (nSPS) is 15.0. The molecular formula is C23H26N2O7S. The summed E-state index contributed by atoms with van der Waals surface area (Å²) < 4.78 is 32.6. The number of carbonyl (C=O) groups is 2. The number of carboxylic acid groups (broad SMARTS) is 2. The van der Waals surface area contributed by atoms with E-state index in [9.17, 15) is 8.42 Å². The van der Waals surface area contributed by atoms with Crippen molar-refractivity contribution in [1.29, 1.82) is 0 Å². The summed E-state index contributed by atoms with van der Waals surface area (Å²) in [5.74, 6) is -2.80. The molecular weight excluding hydrogens is 448 g/mol. The molecule has 0 aliphatic carbocycles. The molecule has 2 N–H and O–H groups in total. The van der Waals surface area contributed by atoms with Gasteiger partial charge in [0.25, 0.3) is 0 Å². The third kappa shape index (κ3) is 5.91. The van der Waals surface area contributed by atoms with Crippen LogP contribution in [0.3, 0.4) is 0 Å². The molecule has 1 aliphatic rings. The van der Waals surface area contributed by atoms with Crippen LogP contribution in [0.25, 0.3) is 10.9 Å². The highest BCUT2D eigenvalue weighted by Crippen LogP contribution is 2.36. The van der Waals surface area contributed by atoms with E-state index in [2.05, 4.69) is 22.7 Å². The summed E-state index contributed by atoms with van der Waals surface area (Å²) >= 11 is 0. The van der Waals surface area contributed by atoms with Gasteiger partial charge in [-0.1, -0.05) is 18.2 Å². The lowest BCUT2D eigenvalue weighted by molar-refractivity contribution is -0.159. The number of aromatic nitrogens is 1. The van der Waals surface area contributed by atoms with Crippen LogP contribution in [-0.2, 0) is 26.8 Å². The minimum Gasteiger partial charge on any atom is -0.473 e. The lowest BCUT2D eigenvalue weighted by Crippen LogP contribution is -2.29. The van der Waals surface area contributed by atoms with E-state index in [1.165, 1.54) is 5.56 Å². The molecule has 1 saturated heterocycles. The Hall–Kier alpha value is -3.37. The molecule has 1 fully saturated rings. The number of rotatable bonds is 4. The van der Waals surface area contributed by atoms with Crippen LogP contribution in [-0.4, -0.2) is 60.2 Å². The molecule has 0 atom stereocenters. The first kappa shape index (κ1) is 24.3. The Morgan fingerprint density at radius 3 is 2.15 bits per heavy atom. The highest BCUT2D eigenvalue weighted by atomic mass is 32.2. The molecule has 0 amide bonds. The lowest BCUT2D eigenvalue weighted by atomic mass is 9.89. The van der Waals surface area contributed by atoms with Gasteiger partial charge in [0.1, 0.15) is 10.6 Å². The zero-order valence-corrected chi connectivity index (χ0v) is 19.2. The summed E-state index contributed by atoms with van der Waals surface area (Å²) in [5, 5.41) is 15.9. The molecule has 0 saturated carbocycles. The molecule has 9 nitrogen and oxygen atoms in total. The molecule has 0 spiro atoms.